The van der Waals surface area contributed by atoms with Crippen LogP contribution in [0.2, 0.25) is 0 Å². The number of methoxy groups -OCH3 is 1. The minimum atomic E-state index is -4.12. The maximum atomic E-state index is 13.9. The predicted molar refractivity (Wildman–Crippen MR) is 87.4 cm³/mol. The molecule has 0 spiro atoms. The summed E-state index contributed by atoms with van der Waals surface area (Å²) in [6, 6.07) is 5.40. The van der Waals surface area contributed by atoms with E-state index in [2.05, 4.69) is 20.7 Å². The molecular weight excluding hydrogens is 408 g/mol. The monoisotopic (exact) mass is 419 g/mol. The number of ether oxygens (including phenoxy) is 1. The summed E-state index contributed by atoms with van der Waals surface area (Å²) < 4.78 is 59.2. The van der Waals surface area contributed by atoms with E-state index in [0.717, 1.165) is 13.2 Å². The summed E-state index contributed by atoms with van der Waals surface area (Å²) in [6.45, 7) is 1.69. The standard InChI is InChI=1S/C15H12BrF2NO4S/c1-8-5-9(3-4-11(8)16)24(21,22)19-14-6-10(15(20)23-2)12(17)7-13(14)18/h3-7,19H,1-2H3. The number of rotatable bonds is 4. The Kier molecular flexibility index (Phi) is 5.24. The maximum Gasteiger partial charge on any atom is 0.340 e. The molecule has 0 radical (unpaired) electrons. The number of carbonyl (C=O) groups excluding carboxylic acids is 1. The smallest absolute Gasteiger partial charge is 0.340 e. The highest BCUT2D eigenvalue weighted by Crippen LogP contribution is 2.25. The number of carbonyl (C=O) groups is 1. The third-order valence-corrected chi connectivity index (χ3v) is 5.40. The van der Waals surface area contributed by atoms with Crippen LogP contribution in [-0.4, -0.2) is 21.5 Å². The minimum Gasteiger partial charge on any atom is -0.465 e. The van der Waals surface area contributed by atoms with Crippen LogP contribution in [0.3, 0.4) is 0 Å². The first-order valence-electron chi connectivity index (χ1n) is 6.52. The summed E-state index contributed by atoms with van der Waals surface area (Å²) in [5.74, 6) is -3.35. The van der Waals surface area contributed by atoms with Gasteiger partial charge in [0.2, 0.25) is 0 Å². The van der Waals surface area contributed by atoms with Gasteiger partial charge in [0.15, 0.2) is 0 Å². The number of sulfonamides is 1. The summed E-state index contributed by atoms with van der Waals surface area (Å²) in [5.41, 5.74) is -0.478. The molecule has 0 atom stereocenters. The van der Waals surface area contributed by atoms with E-state index in [1.54, 1.807) is 6.92 Å². The van der Waals surface area contributed by atoms with Gasteiger partial charge in [-0.05, 0) is 36.8 Å². The molecule has 0 bridgehead atoms. The van der Waals surface area contributed by atoms with Gasteiger partial charge < -0.3 is 4.74 Å². The van der Waals surface area contributed by atoms with Gasteiger partial charge in [0.25, 0.3) is 10.0 Å². The maximum absolute atomic E-state index is 13.9. The fraction of sp³-hybridized carbons (Fsp3) is 0.133. The second-order valence-corrected chi connectivity index (χ2v) is 7.36. The zero-order valence-corrected chi connectivity index (χ0v) is 15.0. The molecule has 2 aromatic carbocycles. The number of esters is 1. The summed E-state index contributed by atoms with van der Waals surface area (Å²) in [4.78, 5) is 11.3. The molecule has 0 aliphatic rings. The molecule has 0 amide bonds. The van der Waals surface area contributed by atoms with Crippen LogP contribution in [0, 0.1) is 18.6 Å². The lowest BCUT2D eigenvalue weighted by Gasteiger charge is -2.11. The van der Waals surface area contributed by atoms with Crippen LogP contribution in [0.25, 0.3) is 0 Å². The Bertz CT molecular complexity index is 916. The lowest BCUT2D eigenvalue weighted by molar-refractivity contribution is 0.0595. The SMILES string of the molecule is COC(=O)c1cc(NS(=O)(=O)c2ccc(Br)c(C)c2)c(F)cc1F. The third-order valence-electron chi connectivity index (χ3n) is 3.15. The number of nitrogens with one attached hydrogen (secondary N) is 1. The van der Waals surface area contributed by atoms with Crippen molar-refractivity contribution in [3.8, 4) is 0 Å². The quantitative estimate of drug-likeness (QED) is 0.768. The largest absolute Gasteiger partial charge is 0.465 e. The number of aryl methyl sites for hydroxylation is 1. The Morgan fingerprint density at radius 1 is 1.17 bits per heavy atom. The van der Waals surface area contributed by atoms with Gasteiger partial charge in [0.1, 0.15) is 11.6 Å². The summed E-state index contributed by atoms with van der Waals surface area (Å²) in [6.07, 6.45) is 0. The fourth-order valence-electron chi connectivity index (χ4n) is 1.88. The summed E-state index contributed by atoms with van der Waals surface area (Å²) >= 11 is 3.25. The highest BCUT2D eigenvalue weighted by molar-refractivity contribution is 9.10. The molecule has 0 saturated heterocycles. The highest BCUT2D eigenvalue weighted by atomic mass is 79.9. The van der Waals surface area contributed by atoms with Gasteiger partial charge in [0, 0.05) is 10.5 Å². The zero-order chi connectivity index (χ0) is 18.1. The predicted octanol–water partition coefficient (Wildman–Crippen LogP) is 3.62. The topological polar surface area (TPSA) is 72.5 Å². The Morgan fingerprint density at radius 2 is 1.83 bits per heavy atom. The zero-order valence-electron chi connectivity index (χ0n) is 12.6. The van der Waals surface area contributed by atoms with Crippen molar-refractivity contribution in [3.63, 3.8) is 0 Å². The number of benzene rings is 2. The first-order valence-corrected chi connectivity index (χ1v) is 8.79. The van der Waals surface area contributed by atoms with Gasteiger partial charge in [-0.3, -0.25) is 4.72 Å². The van der Waals surface area contributed by atoms with Gasteiger partial charge >= 0.3 is 5.97 Å². The van der Waals surface area contributed by atoms with Gasteiger partial charge in [-0.25, -0.2) is 22.0 Å². The van der Waals surface area contributed by atoms with Gasteiger partial charge in [-0.1, -0.05) is 15.9 Å². The molecule has 0 aromatic heterocycles. The van der Waals surface area contributed by atoms with E-state index < -0.39 is 38.9 Å². The van der Waals surface area contributed by atoms with Crippen LogP contribution in [0.5, 0.6) is 0 Å². The van der Waals surface area contributed by atoms with Crippen LogP contribution in [0.1, 0.15) is 15.9 Å². The van der Waals surface area contributed by atoms with E-state index in [0.29, 0.717) is 16.1 Å². The van der Waals surface area contributed by atoms with Crippen LogP contribution < -0.4 is 4.72 Å². The first-order chi connectivity index (χ1) is 11.2. The van der Waals surface area contributed by atoms with E-state index in [1.807, 2.05) is 4.72 Å². The first kappa shape index (κ1) is 18.3. The molecule has 0 saturated carbocycles. The van der Waals surface area contributed by atoms with Crippen LogP contribution >= 0.6 is 15.9 Å². The van der Waals surface area contributed by atoms with E-state index >= 15 is 0 Å². The molecule has 9 heteroatoms. The lowest BCUT2D eigenvalue weighted by atomic mass is 10.2. The van der Waals surface area contributed by atoms with Crippen LogP contribution in [0.4, 0.5) is 14.5 Å². The van der Waals surface area contributed by atoms with Gasteiger partial charge in [-0.15, -0.1) is 0 Å². The average molecular weight is 420 g/mol. The van der Waals surface area contributed by atoms with Gasteiger partial charge in [0.05, 0.1) is 23.3 Å². The second-order valence-electron chi connectivity index (χ2n) is 4.82. The number of hydrogen-bond donors (Lipinski definition) is 1. The van der Waals surface area contributed by atoms with Crippen LogP contribution in [0.15, 0.2) is 39.7 Å². The van der Waals surface area contributed by atoms with E-state index in [-0.39, 0.29) is 4.90 Å². The molecule has 5 nitrogen and oxygen atoms in total. The number of anilines is 1. The Labute approximate surface area is 145 Å². The number of halogens is 3. The Morgan fingerprint density at radius 3 is 2.42 bits per heavy atom. The molecule has 0 fully saturated rings. The lowest BCUT2D eigenvalue weighted by Crippen LogP contribution is -2.15. The van der Waals surface area contributed by atoms with Crippen molar-refractivity contribution in [3.05, 3.63) is 57.6 Å². The Hall–Kier alpha value is -2.00. The van der Waals surface area contributed by atoms with Crippen molar-refractivity contribution in [2.45, 2.75) is 11.8 Å². The van der Waals surface area contributed by atoms with E-state index in [1.165, 1.54) is 18.2 Å². The van der Waals surface area contributed by atoms with Crippen LogP contribution in [-0.2, 0) is 14.8 Å². The molecular formula is C15H12BrF2NO4S. The third kappa shape index (κ3) is 3.73. The molecule has 2 rings (SSSR count). The highest BCUT2D eigenvalue weighted by Gasteiger charge is 2.21. The molecule has 128 valence electrons. The van der Waals surface area contributed by atoms with Gasteiger partial charge in [-0.2, -0.15) is 0 Å². The van der Waals surface area contributed by atoms with E-state index in [4.69, 9.17) is 0 Å². The minimum absolute atomic E-state index is 0.105. The molecule has 1 N–H and O–H groups in total. The normalized spacial score (nSPS) is 11.2. The molecule has 2 aromatic rings. The average Bonchev–Trinajstić information content (AvgIpc) is 2.51. The summed E-state index contributed by atoms with van der Waals surface area (Å²) in [7, 11) is -3.10. The molecule has 0 aliphatic heterocycles. The second kappa shape index (κ2) is 6.86. The van der Waals surface area contributed by atoms with Crippen molar-refractivity contribution < 1.29 is 26.7 Å². The van der Waals surface area contributed by atoms with Crippen molar-refractivity contribution in [2.24, 2.45) is 0 Å². The number of hydrogen-bond acceptors (Lipinski definition) is 4. The molecule has 24 heavy (non-hydrogen) atoms. The van der Waals surface area contributed by atoms with Crippen molar-refractivity contribution >= 4 is 37.6 Å². The Balaban J connectivity index is 2.46. The summed E-state index contributed by atoms with van der Waals surface area (Å²) in [5, 5.41) is 0. The van der Waals surface area contributed by atoms with Crippen molar-refractivity contribution in [1.29, 1.82) is 0 Å². The van der Waals surface area contributed by atoms with Crippen molar-refractivity contribution in [1.82, 2.24) is 0 Å². The van der Waals surface area contributed by atoms with Crippen molar-refractivity contribution in [2.75, 3.05) is 11.8 Å². The fourth-order valence-corrected chi connectivity index (χ4v) is 3.27. The molecule has 0 heterocycles. The van der Waals surface area contributed by atoms with E-state index in [9.17, 15) is 22.0 Å². The molecule has 0 aliphatic carbocycles. The molecule has 0 unspecified atom stereocenters.